The monoisotopic (exact) mass is 390 g/mol. The van der Waals surface area contributed by atoms with E-state index in [0.29, 0.717) is 5.69 Å². The smallest absolute Gasteiger partial charge is 0.241 e. The minimum Gasteiger partial charge on any atom is -0.349 e. The van der Waals surface area contributed by atoms with Gasteiger partial charge in [-0.05, 0) is 93.4 Å². The molecule has 4 bridgehead atoms. The maximum atomic E-state index is 12.9. The fraction of sp³-hybridized carbons (Fsp3) is 0.667. The van der Waals surface area contributed by atoms with Gasteiger partial charge in [0.15, 0.2) is 0 Å². The first kappa shape index (κ1) is 18.8. The molecule has 5 nitrogen and oxygen atoms in total. The van der Waals surface area contributed by atoms with Crippen molar-refractivity contribution in [2.75, 3.05) is 17.1 Å². The number of benzene rings is 1. The molecular weight excluding hydrogens is 360 g/mol. The molecule has 0 radical (unpaired) electrons. The van der Waals surface area contributed by atoms with Crippen LogP contribution in [-0.4, -0.2) is 32.7 Å². The lowest BCUT2D eigenvalue weighted by atomic mass is 9.53. The van der Waals surface area contributed by atoms with E-state index in [-0.39, 0.29) is 18.0 Å². The van der Waals surface area contributed by atoms with Gasteiger partial charge in [-0.1, -0.05) is 6.07 Å². The molecule has 0 heterocycles. The second-order valence-corrected chi connectivity index (χ2v) is 11.3. The van der Waals surface area contributed by atoms with Crippen molar-refractivity contribution in [3.8, 4) is 0 Å². The molecule has 4 aliphatic rings. The summed E-state index contributed by atoms with van der Waals surface area (Å²) in [6, 6.07) is 5.65. The van der Waals surface area contributed by atoms with Crippen LogP contribution < -0.4 is 9.62 Å². The first-order valence-electron chi connectivity index (χ1n) is 9.99. The van der Waals surface area contributed by atoms with Gasteiger partial charge < -0.3 is 5.32 Å². The van der Waals surface area contributed by atoms with Gasteiger partial charge in [0.1, 0.15) is 6.54 Å². The Labute approximate surface area is 162 Å². The van der Waals surface area contributed by atoms with Crippen molar-refractivity contribution < 1.29 is 13.2 Å². The molecule has 0 saturated heterocycles. The van der Waals surface area contributed by atoms with Crippen molar-refractivity contribution >= 4 is 21.6 Å². The van der Waals surface area contributed by atoms with Crippen molar-refractivity contribution in [3.63, 3.8) is 0 Å². The summed E-state index contributed by atoms with van der Waals surface area (Å²) in [5.74, 6) is 2.03. The van der Waals surface area contributed by atoms with Crippen LogP contribution in [0.2, 0.25) is 0 Å². The van der Waals surface area contributed by atoms with E-state index in [1.807, 2.05) is 32.0 Å². The maximum Gasteiger partial charge on any atom is 0.241 e. The van der Waals surface area contributed by atoms with E-state index in [1.165, 1.54) is 29.8 Å². The molecule has 1 aromatic carbocycles. The van der Waals surface area contributed by atoms with Crippen molar-refractivity contribution in [3.05, 3.63) is 29.3 Å². The average molecular weight is 391 g/mol. The highest BCUT2D eigenvalue weighted by Gasteiger charge is 2.51. The van der Waals surface area contributed by atoms with Crippen molar-refractivity contribution in [1.29, 1.82) is 0 Å². The zero-order valence-electron chi connectivity index (χ0n) is 16.5. The Kier molecular flexibility index (Phi) is 4.53. The molecule has 0 aliphatic heterocycles. The lowest BCUT2D eigenvalue weighted by Gasteiger charge is -2.57. The number of carbonyl (C=O) groups is 1. The summed E-state index contributed by atoms with van der Waals surface area (Å²) in [6.45, 7) is 3.72. The third-order valence-electron chi connectivity index (χ3n) is 6.62. The topological polar surface area (TPSA) is 66.5 Å². The molecule has 4 fully saturated rings. The minimum atomic E-state index is -3.54. The molecular formula is C21H30N2O3S. The number of carbonyl (C=O) groups excluding carboxylic acids is 1. The summed E-state index contributed by atoms with van der Waals surface area (Å²) in [7, 11) is -3.54. The number of hydrogen-bond acceptors (Lipinski definition) is 3. The normalized spacial score (nSPS) is 31.7. The Bertz CT molecular complexity index is 807. The fourth-order valence-electron chi connectivity index (χ4n) is 6.22. The van der Waals surface area contributed by atoms with Crippen LogP contribution in [0.3, 0.4) is 0 Å². The van der Waals surface area contributed by atoms with Crippen LogP contribution in [0, 0.1) is 31.6 Å². The summed E-state index contributed by atoms with van der Waals surface area (Å²) >= 11 is 0. The number of amides is 1. The Morgan fingerprint density at radius 2 is 1.52 bits per heavy atom. The Morgan fingerprint density at radius 3 is 1.96 bits per heavy atom. The molecule has 1 N–H and O–H groups in total. The quantitative estimate of drug-likeness (QED) is 0.840. The Balaban J connectivity index is 1.53. The standard InChI is InChI=1S/C21H30N2O3S/c1-14-4-15(2)6-19(5-14)23(27(3,25)26)13-20(24)22-21-10-16-7-17(11-21)9-18(8-16)12-21/h4-6,16-18H,7-13H2,1-3H3,(H,22,24). The molecule has 1 aromatic rings. The number of aryl methyl sites for hydroxylation is 2. The zero-order chi connectivity index (χ0) is 19.4. The molecule has 0 spiro atoms. The van der Waals surface area contributed by atoms with Gasteiger partial charge >= 0.3 is 0 Å². The lowest BCUT2D eigenvalue weighted by Crippen LogP contribution is -2.61. The van der Waals surface area contributed by atoms with Crippen molar-refractivity contribution in [1.82, 2.24) is 5.32 Å². The van der Waals surface area contributed by atoms with Gasteiger partial charge in [0.2, 0.25) is 15.9 Å². The van der Waals surface area contributed by atoms with Crippen LogP contribution in [0.5, 0.6) is 0 Å². The van der Waals surface area contributed by atoms with Gasteiger partial charge in [0.25, 0.3) is 0 Å². The minimum absolute atomic E-state index is 0.0997. The maximum absolute atomic E-state index is 12.9. The third kappa shape index (κ3) is 3.86. The molecule has 6 heteroatoms. The first-order chi connectivity index (χ1) is 12.6. The summed E-state index contributed by atoms with van der Waals surface area (Å²) in [6.07, 6.45) is 8.30. The van der Waals surface area contributed by atoms with Gasteiger partial charge in [-0.15, -0.1) is 0 Å². The predicted octanol–water partition coefficient (Wildman–Crippen LogP) is 3.15. The molecule has 0 aromatic heterocycles. The predicted molar refractivity (Wildman–Crippen MR) is 107 cm³/mol. The van der Waals surface area contributed by atoms with Gasteiger partial charge in [0, 0.05) is 5.54 Å². The van der Waals surface area contributed by atoms with E-state index >= 15 is 0 Å². The molecule has 4 saturated carbocycles. The lowest BCUT2D eigenvalue weighted by molar-refractivity contribution is -0.125. The molecule has 5 rings (SSSR count). The second-order valence-electron chi connectivity index (χ2n) is 9.36. The SMILES string of the molecule is Cc1cc(C)cc(N(CC(=O)NC23CC4CC(CC(C4)C2)C3)S(C)(=O)=O)c1. The number of rotatable bonds is 5. The molecule has 27 heavy (non-hydrogen) atoms. The molecule has 4 aliphatic carbocycles. The van der Waals surface area contributed by atoms with Gasteiger partial charge in [-0.3, -0.25) is 9.10 Å². The average Bonchev–Trinajstić information content (AvgIpc) is 2.48. The highest BCUT2D eigenvalue weighted by atomic mass is 32.2. The molecule has 0 unspecified atom stereocenters. The fourth-order valence-corrected chi connectivity index (χ4v) is 7.06. The van der Waals surface area contributed by atoms with Crippen LogP contribution in [0.4, 0.5) is 5.69 Å². The van der Waals surface area contributed by atoms with E-state index in [0.717, 1.165) is 48.1 Å². The number of sulfonamides is 1. The molecule has 148 valence electrons. The highest BCUT2D eigenvalue weighted by Crippen LogP contribution is 2.55. The number of anilines is 1. The van der Waals surface area contributed by atoms with Crippen molar-refractivity contribution in [2.24, 2.45) is 17.8 Å². The summed E-state index contributed by atoms with van der Waals surface area (Å²) in [4.78, 5) is 12.9. The molecule has 0 atom stereocenters. The number of hydrogen-bond donors (Lipinski definition) is 1. The van der Waals surface area contributed by atoms with E-state index in [1.54, 1.807) is 0 Å². The van der Waals surface area contributed by atoms with Crippen LogP contribution in [0.15, 0.2) is 18.2 Å². The number of nitrogens with zero attached hydrogens (tertiary/aromatic N) is 1. The van der Waals surface area contributed by atoms with Crippen molar-refractivity contribution in [2.45, 2.75) is 57.9 Å². The first-order valence-corrected chi connectivity index (χ1v) is 11.8. The highest BCUT2D eigenvalue weighted by molar-refractivity contribution is 7.92. The summed E-state index contributed by atoms with van der Waals surface area (Å²) < 4.78 is 26.0. The van der Waals surface area contributed by atoms with Gasteiger partial charge in [-0.25, -0.2) is 8.42 Å². The van der Waals surface area contributed by atoms with Crippen LogP contribution in [-0.2, 0) is 14.8 Å². The second kappa shape index (κ2) is 6.50. The summed E-state index contributed by atoms with van der Waals surface area (Å²) in [5, 5.41) is 3.28. The Morgan fingerprint density at radius 1 is 1.04 bits per heavy atom. The van der Waals surface area contributed by atoms with E-state index in [9.17, 15) is 13.2 Å². The largest absolute Gasteiger partial charge is 0.349 e. The van der Waals surface area contributed by atoms with Crippen LogP contribution >= 0.6 is 0 Å². The third-order valence-corrected chi connectivity index (χ3v) is 7.77. The van der Waals surface area contributed by atoms with E-state index in [4.69, 9.17) is 0 Å². The van der Waals surface area contributed by atoms with Crippen LogP contribution in [0.1, 0.15) is 49.7 Å². The van der Waals surface area contributed by atoms with E-state index in [2.05, 4.69) is 5.32 Å². The van der Waals surface area contributed by atoms with Gasteiger partial charge in [-0.2, -0.15) is 0 Å². The van der Waals surface area contributed by atoms with Gasteiger partial charge in [0.05, 0.1) is 11.9 Å². The molecule has 1 amide bonds. The number of nitrogens with one attached hydrogen (secondary N) is 1. The Hall–Kier alpha value is -1.56. The van der Waals surface area contributed by atoms with Crippen LogP contribution in [0.25, 0.3) is 0 Å². The zero-order valence-corrected chi connectivity index (χ0v) is 17.3. The summed E-state index contributed by atoms with van der Waals surface area (Å²) in [5.41, 5.74) is 2.44. The van der Waals surface area contributed by atoms with E-state index < -0.39 is 10.0 Å².